The van der Waals surface area contributed by atoms with Gasteiger partial charge in [0.2, 0.25) is 5.89 Å². The molecule has 0 radical (unpaired) electrons. The van der Waals surface area contributed by atoms with Crippen LogP contribution in [0.4, 0.5) is 5.82 Å². The number of oxazole rings is 1. The summed E-state index contributed by atoms with van der Waals surface area (Å²) in [7, 11) is 0. The van der Waals surface area contributed by atoms with E-state index in [1.807, 2.05) is 6.92 Å². The van der Waals surface area contributed by atoms with Crippen molar-refractivity contribution in [3.8, 4) is 0 Å². The molecule has 0 bridgehead atoms. The van der Waals surface area contributed by atoms with Gasteiger partial charge in [0.15, 0.2) is 5.65 Å². The van der Waals surface area contributed by atoms with Gasteiger partial charge in [-0.1, -0.05) is 0 Å². The van der Waals surface area contributed by atoms with E-state index >= 15 is 0 Å². The summed E-state index contributed by atoms with van der Waals surface area (Å²) < 4.78 is 6.75. The molecule has 0 aliphatic carbocycles. The Balaban J connectivity index is 1.87. The van der Waals surface area contributed by atoms with Gasteiger partial charge in [-0.15, -0.1) is 0 Å². The number of hydrogen-bond donors (Lipinski definition) is 2. The number of aromatic nitrogens is 5. The normalized spacial score (nSPS) is 11.1. The van der Waals surface area contributed by atoms with Gasteiger partial charge in [-0.3, -0.25) is 0 Å². The van der Waals surface area contributed by atoms with E-state index in [2.05, 4.69) is 25.5 Å². The molecule has 0 atom stereocenters. The van der Waals surface area contributed by atoms with Crippen LogP contribution in [0.2, 0.25) is 0 Å². The monoisotopic (exact) mass is 260 g/mol. The van der Waals surface area contributed by atoms with Crippen LogP contribution in [0.5, 0.6) is 0 Å². The lowest BCUT2D eigenvalue weighted by Gasteiger charge is -2.04. The average Bonchev–Trinajstić information content (AvgIpc) is 2.94. The lowest BCUT2D eigenvalue weighted by Crippen LogP contribution is -2.14. The third-order valence-electron chi connectivity index (χ3n) is 2.66. The van der Waals surface area contributed by atoms with Crippen molar-refractivity contribution in [2.45, 2.75) is 20.4 Å². The molecule has 3 aromatic heterocycles. The smallest absolute Gasteiger partial charge is 0.349 e. The van der Waals surface area contributed by atoms with Crippen molar-refractivity contribution < 1.29 is 4.42 Å². The van der Waals surface area contributed by atoms with E-state index in [-0.39, 0.29) is 5.69 Å². The van der Waals surface area contributed by atoms with Crippen molar-refractivity contribution in [2.75, 3.05) is 5.32 Å². The van der Waals surface area contributed by atoms with E-state index in [1.165, 1.54) is 4.40 Å². The second kappa shape index (κ2) is 4.23. The number of rotatable bonds is 3. The number of hydrogen-bond acceptors (Lipinski definition) is 6. The lowest BCUT2D eigenvalue weighted by molar-refractivity contribution is 0.478. The highest BCUT2D eigenvalue weighted by Gasteiger charge is 2.07. The van der Waals surface area contributed by atoms with Gasteiger partial charge in [0, 0.05) is 6.07 Å². The van der Waals surface area contributed by atoms with Gasteiger partial charge in [0.1, 0.15) is 17.4 Å². The summed E-state index contributed by atoms with van der Waals surface area (Å²) in [5.41, 5.74) is 0.221. The Bertz CT molecular complexity index is 784. The average molecular weight is 260 g/mol. The predicted molar refractivity (Wildman–Crippen MR) is 66.9 cm³/mol. The molecule has 19 heavy (non-hydrogen) atoms. The molecule has 0 spiro atoms. The van der Waals surface area contributed by atoms with Crippen LogP contribution < -0.4 is 11.0 Å². The second-order valence-corrected chi connectivity index (χ2v) is 4.13. The number of fused-ring (bicyclic) bond motifs is 1. The van der Waals surface area contributed by atoms with Crippen LogP contribution in [-0.4, -0.2) is 24.6 Å². The van der Waals surface area contributed by atoms with Crippen molar-refractivity contribution in [1.82, 2.24) is 24.6 Å². The minimum absolute atomic E-state index is 0.296. The summed E-state index contributed by atoms with van der Waals surface area (Å²) in [5.74, 6) is 2.51. The Hall–Kier alpha value is -2.64. The number of nitrogens with one attached hydrogen (secondary N) is 2. The molecule has 0 aliphatic rings. The molecule has 2 N–H and O–H groups in total. The molecular formula is C11H12N6O2. The molecule has 0 amide bonds. The largest absolute Gasteiger partial charge is 0.444 e. The molecule has 3 aromatic rings. The van der Waals surface area contributed by atoms with Crippen LogP contribution in [-0.2, 0) is 6.54 Å². The van der Waals surface area contributed by atoms with Gasteiger partial charge in [-0.25, -0.2) is 24.3 Å². The Morgan fingerprint density at radius 3 is 3.05 bits per heavy atom. The van der Waals surface area contributed by atoms with E-state index in [1.54, 1.807) is 19.2 Å². The fraction of sp³-hybridized carbons (Fsp3) is 0.273. The highest BCUT2D eigenvalue weighted by molar-refractivity contribution is 5.49. The van der Waals surface area contributed by atoms with Crippen molar-refractivity contribution in [3.05, 3.63) is 40.2 Å². The molecule has 3 heterocycles. The molecule has 8 nitrogen and oxygen atoms in total. The molecule has 0 saturated heterocycles. The molecule has 8 heteroatoms. The highest BCUT2D eigenvalue weighted by atomic mass is 16.4. The quantitative estimate of drug-likeness (QED) is 0.716. The van der Waals surface area contributed by atoms with Crippen LogP contribution in [0, 0.1) is 13.8 Å². The standard InChI is InChI=1S/C11H12N6O2/c1-6-4-13-10(19-6)5-12-8-3-9-15-16-11(18)17(9)7(2)14-8/h3-4,12H,5H2,1-2H3,(H,16,18). The first-order valence-corrected chi connectivity index (χ1v) is 5.73. The Kier molecular flexibility index (Phi) is 2.55. The van der Waals surface area contributed by atoms with E-state index in [0.717, 1.165) is 5.76 Å². The summed E-state index contributed by atoms with van der Waals surface area (Å²) in [6, 6.07) is 1.68. The van der Waals surface area contributed by atoms with E-state index in [9.17, 15) is 4.79 Å². The lowest BCUT2D eigenvalue weighted by atomic mass is 10.5. The maximum absolute atomic E-state index is 11.5. The summed E-state index contributed by atoms with van der Waals surface area (Å²) >= 11 is 0. The number of aromatic amines is 1. The fourth-order valence-electron chi connectivity index (χ4n) is 1.84. The van der Waals surface area contributed by atoms with Crippen molar-refractivity contribution in [1.29, 1.82) is 0 Å². The minimum Gasteiger partial charge on any atom is -0.444 e. The fourth-order valence-corrected chi connectivity index (χ4v) is 1.84. The SMILES string of the molecule is Cc1cnc(CNc2cc3n[nH]c(=O)n3c(C)n2)o1. The number of aryl methyl sites for hydroxylation is 2. The second-order valence-electron chi connectivity index (χ2n) is 4.13. The minimum atomic E-state index is -0.296. The van der Waals surface area contributed by atoms with Gasteiger partial charge in [0.25, 0.3) is 0 Å². The van der Waals surface area contributed by atoms with Crippen LogP contribution in [0.15, 0.2) is 21.5 Å². The molecule has 0 unspecified atom stereocenters. The highest BCUT2D eigenvalue weighted by Crippen LogP contribution is 2.10. The molecule has 0 fully saturated rings. The van der Waals surface area contributed by atoms with Gasteiger partial charge in [0.05, 0.1) is 12.7 Å². The number of nitrogens with zero attached hydrogens (tertiary/aromatic N) is 4. The van der Waals surface area contributed by atoms with Gasteiger partial charge in [-0.2, -0.15) is 5.10 Å². The zero-order chi connectivity index (χ0) is 13.4. The van der Waals surface area contributed by atoms with Crippen molar-refractivity contribution >= 4 is 11.5 Å². The first-order chi connectivity index (χ1) is 9.13. The Morgan fingerprint density at radius 2 is 2.32 bits per heavy atom. The zero-order valence-corrected chi connectivity index (χ0v) is 10.5. The molecule has 0 aliphatic heterocycles. The molecule has 0 saturated carbocycles. The maximum Gasteiger partial charge on any atom is 0.349 e. The van der Waals surface area contributed by atoms with Crippen LogP contribution in [0.1, 0.15) is 17.5 Å². The Morgan fingerprint density at radius 1 is 1.47 bits per heavy atom. The number of anilines is 1. The van der Waals surface area contributed by atoms with E-state index < -0.39 is 0 Å². The van der Waals surface area contributed by atoms with Crippen molar-refractivity contribution in [2.24, 2.45) is 0 Å². The van der Waals surface area contributed by atoms with Gasteiger partial charge >= 0.3 is 5.69 Å². The number of H-pyrrole nitrogens is 1. The molecule has 98 valence electrons. The zero-order valence-electron chi connectivity index (χ0n) is 10.5. The first kappa shape index (κ1) is 11.5. The third-order valence-corrected chi connectivity index (χ3v) is 2.66. The van der Waals surface area contributed by atoms with E-state index in [0.29, 0.717) is 29.7 Å². The van der Waals surface area contributed by atoms with Crippen molar-refractivity contribution in [3.63, 3.8) is 0 Å². The summed E-state index contributed by atoms with van der Waals surface area (Å²) in [6.07, 6.45) is 1.66. The van der Waals surface area contributed by atoms with Crippen LogP contribution in [0.3, 0.4) is 0 Å². The summed E-state index contributed by atoms with van der Waals surface area (Å²) in [4.78, 5) is 19.8. The third kappa shape index (κ3) is 2.07. The van der Waals surface area contributed by atoms with Gasteiger partial charge < -0.3 is 9.73 Å². The topological polar surface area (TPSA) is 101 Å². The molecular weight excluding hydrogens is 248 g/mol. The maximum atomic E-state index is 11.5. The van der Waals surface area contributed by atoms with E-state index in [4.69, 9.17) is 4.42 Å². The molecule has 3 rings (SSSR count). The summed E-state index contributed by atoms with van der Waals surface area (Å²) in [5, 5.41) is 9.37. The van der Waals surface area contributed by atoms with Gasteiger partial charge in [-0.05, 0) is 13.8 Å². The summed E-state index contributed by atoms with van der Waals surface area (Å²) in [6.45, 7) is 4.00. The Labute approximate surface area is 107 Å². The molecule has 0 aromatic carbocycles. The predicted octanol–water partition coefficient (Wildman–Crippen LogP) is 0.635. The van der Waals surface area contributed by atoms with Crippen LogP contribution in [0.25, 0.3) is 5.65 Å². The first-order valence-electron chi connectivity index (χ1n) is 5.73. The van der Waals surface area contributed by atoms with Crippen LogP contribution >= 0.6 is 0 Å².